The number of rotatable bonds is 6. The van der Waals surface area contributed by atoms with Crippen LogP contribution in [0.1, 0.15) is 26.3 Å². The Bertz CT molecular complexity index is 847. The second kappa shape index (κ2) is 10.4. The minimum atomic E-state index is -0.977. The number of hydrogen-bond donors (Lipinski definition) is 1. The van der Waals surface area contributed by atoms with Crippen LogP contribution < -0.4 is 10.2 Å². The first kappa shape index (κ1) is 22.9. The Morgan fingerprint density at radius 3 is 2.07 bits per heavy atom. The van der Waals surface area contributed by atoms with E-state index in [4.69, 9.17) is 4.74 Å². The van der Waals surface area contributed by atoms with Crippen LogP contribution >= 0.6 is 0 Å². The maximum Gasteiger partial charge on any atom is 0.407 e. The molecule has 160 valence electrons. The summed E-state index contributed by atoms with van der Waals surface area (Å²) in [5.74, 6) is -1.79. The molecule has 0 bridgehead atoms. The summed E-state index contributed by atoms with van der Waals surface area (Å²) in [7, 11) is 1.16. The number of carbonyl (C=O) groups is 3. The molecule has 2 aromatic rings. The Morgan fingerprint density at radius 2 is 1.53 bits per heavy atom. The Kier molecular flexibility index (Phi) is 7.98. The molecule has 0 aliphatic heterocycles. The summed E-state index contributed by atoms with van der Waals surface area (Å²) >= 11 is 0. The van der Waals surface area contributed by atoms with Crippen molar-refractivity contribution >= 4 is 23.7 Å². The number of para-hydroxylation sites is 1. The van der Waals surface area contributed by atoms with E-state index in [-0.39, 0.29) is 6.54 Å². The fourth-order valence-electron chi connectivity index (χ4n) is 2.87. The Labute approximate surface area is 177 Å². The first-order valence-corrected chi connectivity index (χ1v) is 9.68. The van der Waals surface area contributed by atoms with Crippen LogP contribution in [0.5, 0.6) is 0 Å². The molecule has 0 radical (unpaired) electrons. The van der Waals surface area contributed by atoms with Gasteiger partial charge in [-0.3, -0.25) is 4.79 Å². The molecule has 0 aromatic heterocycles. The fraction of sp³-hybridized carbons (Fsp3) is 0.348. The van der Waals surface area contributed by atoms with Crippen LogP contribution in [0.2, 0.25) is 0 Å². The standard InChI is InChI=1S/C23H28N2O5/c1-23(2,3)30-22(28)24-18(15-17-11-7-5-8-12-17)16-25(20(26)21(27)29-4)19-13-9-6-10-14-19/h5-14,18H,15-16H2,1-4H3,(H,24,28)/t18-/m0/s1. The third-order valence-corrected chi connectivity index (χ3v) is 4.12. The average Bonchev–Trinajstić information content (AvgIpc) is 2.70. The number of esters is 1. The number of nitrogens with zero attached hydrogens (tertiary/aromatic N) is 1. The number of ether oxygens (including phenoxy) is 2. The third kappa shape index (κ3) is 7.24. The molecule has 2 aromatic carbocycles. The molecule has 2 amide bonds. The van der Waals surface area contributed by atoms with Gasteiger partial charge in [-0.05, 0) is 44.9 Å². The van der Waals surface area contributed by atoms with Crippen molar-refractivity contribution in [2.24, 2.45) is 0 Å². The molecular weight excluding hydrogens is 384 g/mol. The van der Waals surface area contributed by atoms with Crippen LogP contribution in [0.4, 0.5) is 10.5 Å². The zero-order valence-corrected chi connectivity index (χ0v) is 17.8. The van der Waals surface area contributed by atoms with E-state index in [1.807, 2.05) is 36.4 Å². The van der Waals surface area contributed by atoms with Gasteiger partial charge in [0.25, 0.3) is 0 Å². The highest BCUT2D eigenvalue weighted by Gasteiger charge is 2.28. The van der Waals surface area contributed by atoms with Crippen LogP contribution in [-0.4, -0.2) is 43.3 Å². The lowest BCUT2D eigenvalue weighted by Crippen LogP contribution is -2.50. The van der Waals surface area contributed by atoms with Crippen molar-refractivity contribution in [3.8, 4) is 0 Å². The molecule has 1 atom stereocenters. The summed E-state index contributed by atoms with van der Waals surface area (Å²) in [5, 5.41) is 2.83. The predicted octanol–water partition coefficient (Wildman–Crippen LogP) is 3.33. The van der Waals surface area contributed by atoms with Gasteiger partial charge in [-0.1, -0.05) is 48.5 Å². The normalized spacial score (nSPS) is 11.9. The smallest absolute Gasteiger partial charge is 0.407 e. The number of carbonyl (C=O) groups excluding carboxylic acids is 3. The molecule has 0 heterocycles. The van der Waals surface area contributed by atoms with Gasteiger partial charge in [0.2, 0.25) is 0 Å². The van der Waals surface area contributed by atoms with E-state index in [1.165, 1.54) is 4.90 Å². The van der Waals surface area contributed by atoms with Crippen LogP contribution in [-0.2, 0) is 25.5 Å². The molecule has 30 heavy (non-hydrogen) atoms. The van der Waals surface area contributed by atoms with Gasteiger partial charge in [0.1, 0.15) is 5.60 Å². The highest BCUT2D eigenvalue weighted by atomic mass is 16.6. The van der Waals surface area contributed by atoms with E-state index >= 15 is 0 Å². The topological polar surface area (TPSA) is 84.9 Å². The highest BCUT2D eigenvalue weighted by molar-refractivity contribution is 6.38. The molecular formula is C23H28N2O5. The molecule has 0 saturated carbocycles. The number of nitrogens with one attached hydrogen (secondary N) is 1. The molecule has 1 N–H and O–H groups in total. The number of alkyl carbamates (subject to hydrolysis) is 1. The van der Waals surface area contributed by atoms with E-state index in [1.54, 1.807) is 45.0 Å². The van der Waals surface area contributed by atoms with Gasteiger partial charge in [-0.15, -0.1) is 0 Å². The molecule has 0 fully saturated rings. The minimum absolute atomic E-state index is 0.0616. The molecule has 0 aliphatic rings. The monoisotopic (exact) mass is 412 g/mol. The second-order valence-corrected chi connectivity index (χ2v) is 7.78. The van der Waals surface area contributed by atoms with Crippen molar-refractivity contribution < 1.29 is 23.9 Å². The maximum absolute atomic E-state index is 12.7. The van der Waals surface area contributed by atoms with Crippen LogP contribution in [0.25, 0.3) is 0 Å². The van der Waals surface area contributed by atoms with Gasteiger partial charge in [0, 0.05) is 12.2 Å². The predicted molar refractivity (Wildman–Crippen MR) is 114 cm³/mol. The molecule has 2 rings (SSSR count). The molecule has 7 nitrogen and oxygen atoms in total. The number of anilines is 1. The zero-order valence-electron chi connectivity index (χ0n) is 17.8. The summed E-state index contributed by atoms with van der Waals surface area (Å²) in [6.07, 6.45) is -0.153. The Balaban J connectivity index is 2.29. The lowest BCUT2D eigenvalue weighted by molar-refractivity contribution is -0.151. The number of amides is 2. The van der Waals surface area contributed by atoms with Gasteiger partial charge >= 0.3 is 18.0 Å². The average molecular weight is 412 g/mol. The summed E-state index contributed by atoms with van der Waals surface area (Å²) in [4.78, 5) is 38.3. The van der Waals surface area contributed by atoms with Crippen molar-refractivity contribution in [2.45, 2.75) is 38.8 Å². The van der Waals surface area contributed by atoms with E-state index in [2.05, 4.69) is 10.1 Å². The maximum atomic E-state index is 12.7. The van der Waals surface area contributed by atoms with Crippen molar-refractivity contribution in [3.63, 3.8) is 0 Å². The molecule has 0 saturated heterocycles. The largest absolute Gasteiger partial charge is 0.462 e. The van der Waals surface area contributed by atoms with E-state index in [0.717, 1.165) is 12.7 Å². The fourth-order valence-corrected chi connectivity index (χ4v) is 2.87. The number of benzene rings is 2. The van der Waals surface area contributed by atoms with Gasteiger partial charge < -0.3 is 19.7 Å². The van der Waals surface area contributed by atoms with E-state index in [0.29, 0.717) is 12.1 Å². The van der Waals surface area contributed by atoms with Gasteiger partial charge in [-0.2, -0.15) is 0 Å². The Morgan fingerprint density at radius 1 is 0.967 bits per heavy atom. The lowest BCUT2D eigenvalue weighted by atomic mass is 10.0. The van der Waals surface area contributed by atoms with Gasteiger partial charge in [0.05, 0.1) is 13.2 Å². The molecule has 7 heteroatoms. The minimum Gasteiger partial charge on any atom is -0.462 e. The van der Waals surface area contributed by atoms with Crippen LogP contribution in [0, 0.1) is 0 Å². The summed E-state index contributed by atoms with van der Waals surface area (Å²) < 4.78 is 10.00. The summed E-state index contributed by atoms with van der Waals surface area (Å²) in [5.41, 5.74) is 0.830. The zero-order chi connectivity index (χ0) is 22.1. The van der Waals surface area contributed by atoms with Gasteiger partial charge in [0.15, 0.2) is 0 Å². The van der Waals surface area contributed by atoms with Crippen LogP contribution in [0.3, 0.4) is 0 Å². The van der Waals surface area contributed by atoms with E-state index in [9.17, 15) is 14.4 Å². The third-order valence-electron chi connectivity index (χ3n) is 4.12. The lowest BCUT2D eigenvalue weighted by Gasteiger charge is -2.29. The quantitative estimate of drug-likeness (QED) is 0.581. The molecule has 0 spiro atoms. The van der Waals surface area contributed by atoms with Crippen molar-refractivity contribution in [1.29, 1.82) is 0 Å². The summed E-state index contributed by atoms with van der Waals surface area (Å²) in [6, 6.07) is 17.8. The molecule has 0 unspecified atom stereocenters. The SMILES string of the molecule is COC(=O)C(=O)N(C[C@H](Cc1ccccc1)NC(=O)OC(C)(C)C)c1ccccc1. The number of methoxy groups -OCH3 is 1. The summed E-state index contributed by atoms with van der Waals surface area (Å²) in [6.45, 7) is 5.38. The van der Waals surface area contributed by atoms with E-state index < -0.39 is 29.6 Å². The molecule has 0 aliphatic carbocycles. The van der Waals surface area contributed by atoms with Crippen molar-refractivity contribution in [3.05, 3.63) is 66.2 Å². The Hall–Kier alpha value is -3.35. The van der Waals surface area contributed by atoms with Crippen molar-refractivity contribution in [2.75, 3.05) is 18.6 Å². The van der Waals surface area contributed by atoms with Crippen LogP contribution in [0.15, 0.2) is 60.7 Å². The van der Waals surface area contributed by atoms with Gasteiger partial charge in [-0.25, -0.2) is 9.59 Å². The number of hydrogen-bond acceptors (Lipinski definition) is 5. The first-order valence-electron chi connectivity index (χ1n) is 9.68. The second-order valence-electron chi connectivity index (χ2n) is 7.78. The highest BCUT2D eigenvalue weighted by Crippen LogP contribution is 2.16. The van der Waals surface area contributed by atoms with Crippen molar-refractivity contribution in [1.82, 2.24) is 5.32 Å². The first-order chi connectivity index (χ1) is 14.2.